The van der Waals surface area contributed by atoms with E-state index in [9.17, 15) is 9.59 Å². The molecule has 0 spiro atoms. The zero-order chi connectivity index (χ0) is 18.4. The van der Waals surface area contributed by atoms with Crippen molar-refractivity contribution in [3.8, 4) is 0 Å². The molecule has 0 bridgehead atoms. The normalized spacial score (nSPS) is 20.4. The Hall–Kier alpha value is -1.28. The van der Waals surface area contributed by atoms with Crippen LogP contribution in [0.5, 0.6) is 0 Å². The first kappa shape index (κ1) is 22.0. The van der Waals surface area contributed by atoms with Crippen LogP contribution >= 0.6 is 24.2 Å². The lowest BCUT2D eigenvalue weighted by Crippen LogP contribution is -2.44. The van der Waals surface area contributed by atoms with E-state index in [1.54, 1.807) is 16.7 Å². The lowest BCUT2D eigenvalue weighted by Gasteiger charge is -2.27. The lowest BCUT2D eigenvalue weighted by atomic mass is 10.1. The molecule has 27 heavy (non-hydrogen) atoms. The van der Waals surface area contributed by atoms with Crippen molar-refractivity contribution in [2.75, 3.05) is 57.0 Å². The van der Waals surface area contributed by atoms with Gasteiger partial charge in [-0.25, -0.2) is 0 Å². The van der Waals surface area contributed by atoms with Crippen LogP contribution in [-0.4, -0.2) is 68.8 Å². The van der Waals surface area contributed by atoms with Gasteiger partial charge in [-0.2, -0.15) is 0 Å². The largest absolute Gasteiger partial charge is 0.356 e. The van der Waals surface area contributed by atoms with Crippen LogP contribution in [0, 0.1) is 5.92 Å². The third-order valence-electron chi connectivity index (χ3n) is 5.04. The summed E-state index contributed by atoms with van der Waals surface area (Å²) in [5.41, 5.74) is 0.877. The standard InChI is InChI=1S/C19H28N4O2S.ClH/c1-26-17-5-3-16(4-6-17)23-14-15(13-18(23)24)19(25)21-7-2-10-22-11-8-20-9-12-22;/h3-6,15,20H,2,7-14H2,1H3,(H,21,25);1H. The van der Waals surface area contributed by atoms with E-state index in [1.165, 1.54) is 4.90 Å². The SMILES string of the molecule is CSc1ccc(N2CC(C(=O)NCCCN3CCNCC3)CC2=O)cc1.Cl. The van der Waals surface area contributed by atoms with Gasteiger partial charge in [0.2, 0.25) is 11.8 Å². The molecule has 0 saturated carbocycles. The molecule has 1 unspecified atom stereocenters. The highest BCUT2D eigenvalue weighted by atomic mass is 35.5. The second-order valence-electron chi connectivity index (χ2n) is 6.84. The Labute approximate surface area is 171 Å². The Balaban J connectivity index is 0.00000261. The average Bonchev–Trinajstić information content (AvgIpc) is 3.08. The van der Waals surface area contributed by atoms with Gasteiger partial charge in [-0.1, -0.05) is 0 Å². The highest BCUT2D eigenvalue weighted by Gasteiger charge is 2.34. The van der Waals surface area contributed by atoms with Crippen molar-refractivity contribution in [2.45, 2.75) is 17.7 Å². The molecule has 8 heteroatoms. The van der Waals surface area contributed by atoms with Crippen LogP contribution in [0.15, 0.2) is 29.2 Å². The fourth-order valence-electron chi connectivity index (χ4n) is 3.49. The minimum absolute atomic E-state index is 0. The molecule has 2 fully saturated rings. The van der Waals surface area contributed by atoms with E-state index in [4.69, 9.17) is 0 Å². The van der Waals surface area contributed by atoms with Gasteiger partial charge in [-0.15, -0.1) is 24.2 Å². The molecule has 0 radical (unpaired) electrons. The first-order valence-corrected chi connectivity index (χ1v) is 10.5. The van der Waals surface area contributed by atoms with Crippen LogP contribution < -0.4 is 15.5 Å². The van der Waals surface area contributed by atoms with Crippen LogP contribution in [0.25, 0.3) is 0 Å². The number of halogens is 1. The van der Waals surface area contributed by atoms with Gasteiger partial charge in [0.05, 0.1) is 5.92 Å². The summed E-state index contributed by atoms with van der Waals surface area (Å²) in [5.74, 6) is -0.216. The van der Waals surface area contributed by atoms with Crippen molar-refractivity contribution in [1.29, 1.82) is 0 Å². The quantitative estimate of drug-likeness (QED) is 0.526. The van der Waals surface area contributed by atoms with E-state index in [-0.39, 0.29) is 30.1 Å². The molecule has 1 aromatic carbocycles. The number of amides is 2. The fourth-order valence-corrected chi connectivity index (χ4v) is 3.90. The average molecular weight is 413 g/mol. The molecule has 3 rings (SSSR count). The number of hydrogen-bond donors (Lipinski definition) is 2. The van der Waals surface area contributed by atoms with Gasteiger partial charge in [0.25, 0.3) is 0 Å². The lowest BCUT2D eigenvalue weighted by molar-refractivity contribution is -0.126. The van der Waals surface area contributed by atoms with Crippen molar-refractivity contribution in [2.24, 2.45) is 5.92 Å². The van der Waals surface area contributed by atoms with Crippen molar-refractivity contribution >= 4 is 41.7 Å². The van der Waals surface area contributed by atoms with E-state index in [0.29, 0.717) is 19.5 Å². The molecule has 2 amide bonds. The van der Waals surface area contributed by atoms with Crippen LogP contribution in [0.1, 0.15) is 12.8 Å². The smallest absolute Gasteiger partial charge is 0.227 e. The van der Waals surface area contributed by atoms with E-state index in [0.717, 1.165) is 44.8 Å². The Kier molecular flexibility index (Phi) is 8.89. The number of nitrogens with one attached hydrogen (secondary N) is 2. The summed E-state index contributed by atoms with van der Waals surface area (Å²) in [6.07, 6.45) is 3.28. The molecule has 2 N–H and O–H groups in total. The first-order chi connectivity index (χ1) is 12.7. The molecule has 150 valence electrons. The summed E-state index contributed by atoms with van der Waals surface area (Å²) < 4.78 is 0. The number of carbonyl (C=O) groups is 2. The zero-order valence-corrected chi connectivity index (χ0v) is 17.4. The number of benzene rings is 1. The van der Waals surface area contributed by atoms with Gasteiger partial charge in [0.15, 0.2) is 0 Å². The highest BCUT2D eigenvalue weighted by Crippen LogP contribution is 2.27. The molecule has 2 aliphatic rings. The van der Waals surface area contributed by atoms with Crippen molar-refractivity contribution in [3.63, 3.8) is 0 Å². The molecule has 0 aromatic heterocycles. The van der Waals surface area contributed by atoms with Gasteiger partial charge in [0, 0.05) is 56.3 Å². The predicted octanol–water partition coefficient (Wildman–Crippen LogP) is 1.59. The minimum Gasteiger partial charge on any atom is -0.356 e. The Morgan fingerprint density at radius 2 is 1.96 bits per heavy atom. The summed E-state index contributed by atoms with van der Waals surface area (Å²) in [7, 11) is 0. The van der Waals surface area contributed by atoms with Crippen LogP contribution in [0.3, 0.4) is 0 Å². The third kappa shape index (κ3) is 6.10. The molecule has 2 saturated heterocycles. The van der Waals surface area contributed by atoms with Crippen molar-refractivity contribution in [1.82, 2.24) is 15.5 Å². The highest BCUT2D eigenvalue weighted by molar-refractivity contribution is 7.98. The van der Waals surface area contributed by atoms with Crippen LogP contribution in [-0.2, 0) is 9.59 Å². The summed E-state index contributed by atoms with van der Waals surface area (Å²) in [6.45, 7) is 6.41. The van der Waals surface area contributed by atoms with E-state index in [2.05, 4.69) is 15.5 Å². The number of nitrogens with zero attached hydrogens (tertiary/aromatic N) is 2. The zero-order valence-electron chi connectivity index (χ0n) is 15.8. The van der Waals surface area contributed by atoms with Crippen molar-refractivity contribution < 1.29 is 9.59 Å². The fraction of sp³-hybridized carbons (Fsp3) is 0.579. The van der Waals surface area contributed by atoms with E-state index in [1.807, 2.05) is 30.5 Å². The molecule has 6 nitrogen and oxygen atoms in total. The summed E-state index contributed by atoms with van der Waals surface area (Å²) in [5, 5.41) is 6.35. The molecular weight excluding hydrogens is 384 g/mol. The number of piperazine rings is 1. The molecule has 0 aliphatic carbocycles. The summed E-state index contributed by atoms with van der Waals surface area (Å²) in [6, 6.07) is 7.93. The van der Waals surface area contributed by atoms with Gasteiger partial charge >= 0.3 is 0 Å². The van der Waals surface area contributed by atoms with Crippen LogP contribution in [0.2, 0.25) is 0 Å². The Morgan fingerprint density at radius 1 is 1.26 bits per heavy atom. The number of thioether (sulfide) groups is 1. The third-order valence-corrected chi connectivity index (χ3v) is 5.78. The second kappa shape index (κ2) is 10.9. The number of carbonyl (C=O) groups excluding carboxylic acids is 2. The maximum Gasteiger partial charge on any atom is 0.227 e. The Bertz CT molecular complexity index is 623. The Morgan fingerprint density at radius 3 is 2.63 bits per heavy atom. The number of rotatable bonds is 7. The van der Waals surface area contributed by atoms with E-state index < -0.39 is 0 Å². The maximum atomic E-state index is 12.4. The number of hydrogen-bond acceptors (Lipinski definition) is 5. The monoisotopic (exact) mass is 412 g/mol. The van der Waals surface area contributed by atoms with Gasteiger partial charge in [-0.3, -0.25) is 9.59 Å². The first-order valence-electron chi connectivity index (χ1n) is 9.32. The van der Waals surface area contributed by atoms with Gasteiger partial charge in [0.1, 0.15) is 0 Å². The topological polar surface area (TPSA) is 64.7 Å². The van der Waals surface area contributed by atoms with Gasteiger partial charge < -0.3 is 20.4 Å². The van der Waals surface area contributed by atoms with Crippen molar-refractivity contribution in [3.05, 3.63) is 24.3 Å². The minimum atomic E-state index is -0.248. The molecule has 1 atom stereocenters. The van der Waals surface area contributed by atoms with Gasteiger partial charge in [-0.05, 0) is 43.5 Å². The summed E-state index contributed by atoms with van der Waals surface area (Å²) >= 11 is 1.67. The maximum absolute atomic E-state index is 12.4. The second-order valence-corrected chi connectivity index (χ2v) is 7.72. The predicted molar refractivity (Wildman–Crippen MR) is 113 cm³/mol. The number of anilines is 1. The molecule has 2 heterocycles. The van der Waals surface area contributed by atoms with Crippen LogP contribution in [0.4, 0.5) is 5.69 Å². The van der Waals surface area contributed by atoms with E-state index >= 15 is 0 Å². The molecular formula is C19H29ClN4O2S. The molecule has 2 aliphatic heterocycles. The molecule has 1 aromatic rings. The summed E-state index contributed by atoms with van der Waals surface area (Å²) in [4.78, 5) is 30.0.